The lowest BCUT2D eigenvalue weighted by atomic mass is 9.92. The predicted molar refractivity (Wildman–Crippen MR) is 127 cm³/mol. The van der Waals surface area contributed by atoms with E-state index < -0.39 is 12.1 Å². The summed E-state index contributed by atoms with van der Waals surface area (Å²) in [5, 5.41) is 10.1. The van der Waals surface area contributed by atoms with Crippen LogP contribution >= 0.6 is 0 Å². The number of alkyl halides is 3. The number of pyridine rings is 2. The average molecular weight is 502 g/mol. The summed E-state index contributed by atoms with van der Waals surface area (Å²) in [6.45, 7) is 2.01. The Bertz CT molecular complexity index is 1260. The van der Waals surface area contributed by atoms with Crippen LogP contribution in [0.2, 0.25) is 0 Å². The van der Waals surface area contributed by atoms with Gasteiger partial charge in [-0.15, -0.1) is 0 Å². The monoisotopic (exact) mass is 502 g/mol. The number of aryl methyl sites for hydroxylation is 2. The summed E-state index contributed by atoms with van der Waals surface area (Å²) in [7, 11) is 1.64. The highest BCUT2D eigenvalue weighted by molar-refractivity contribution is 6.04. The quantitative estimate of drug-likeness (QED) is 0.489. The molecular weight excluding hydrogens is 477 g/mol. The van der Waals surface area contributed by atoms with Crippen LogP contribution in [-0.4, -0.2) is 46.3 Å². The van der Waals surface area contributed by atoms with Crippen molar-refractivity contribution in [2.45, 2.75) is 38.4 Å². The summed E-state index contributed by atoms with van der Waals surface area (Å²) in [4.78, 5) is 30.4. The largest absolute Gasteiger partial charge is 0.497 e. The van der Waals surface area contributed by atoms with Crippen molar-refractivity contribution in [1.82, 2.24) is 9.97 Å². The number of carboxylic acid groups (broad SMARTS) is 1. The molecule has 3 aromatic rings. The number of fused-ring (bicyclic) bond motifs is 1. The SMILES string of the molecule is COc1ccc(-c2cncc(C(=O)Nc3cnc4c(c3)CC(N)CC4)c2)c(C)c1.O=C(O)C(F)(F)F. The molecule has 2 aromatic heterocycles. The van der Waals surface area contributed by atoms with Crippen LogP contribution in [0.3, 0.4) is 0 Å². The maximum atomic E-state index is 12.8. The number of carboxylic acids is 1. The van der Waals surface area contributed by atoms with Crippen LogP contribution in [0.15, 0.2) is 48.9 Å². The molecule has 1 aliphatic rings. The lowest BCUT2D eigenvalue weighted by molar-refractivity contribution is -0.192. The summed E-state index contributed by atoms with van der Waals surface area (Å²) in [6.07, 6.45) is 2.58. The van der Waals surface area contributed by atoms with E-state index in [2.05, 4.69) is 15.3 Å². The highest BCUT2D eigenvalue weighted by atomic mass is 19.4. The summed E-state index contributed by atoms with van der Waals surface area (Å²) in [5.41, 5.74) is 12.4. The van der Waals surface area contributed by atoms with E-state index in [9.17, 15) is 18.0 Å². The molecule has 11 heteroatoms. The first kappa shape index (κ1) is 26.6. The van der Waals surface area contributed by atoms with Crippen molar-refractivity contribution >= 4 is 17.6 Å². The number of aliphatic carboxylic acids is 1. The summed E-state index contributed by atoms with van der Waals surface area (Å²) in [6, 6.07) is 9.82. The van der Waals surface area contributed by atoms with E-state index in [4.69, 9.17) is 20.4 Å². The molecule has 4 rings (SSSR count). The van der Waals surface area contributed by atoms with Gasteiger partial charge in [-0.1, -0.05) is 6.07 Å². The standard InChI is InChI=1S/C23H24N4O2.C2HF3O2/c1-14-7-20(29-2)4-5-21(14)16-8-17(12-25-11-16)23(28)27-19-10-15-9-18(24)3-6-22(15)26-13-19;3-2(4,5)1(6)7/h4-5,7-8,10-13,18H,3,6,9,24H2,1-2H3,(H,27,28);(H,6,7). The second kappa shape index (κ2) is 11.2. The van der Waals surface area contributed by atoms with Crippen LogP contribution in [0.1, 0.15) is 33.6 Å². The van der Waals surface area contributed by atoms with Gasteiger partial charge in [0.15, 0.2) is 0 Å². The van der Waals surface area contributed by atoms with Crippen molar-refractivity contribution in [3.8, 4) is 16.9 Å². The van der Waals surface area contributed by atoms with E-state index >= 15 is 0 Å². The van der Waals surface area contributed by atoms with Crippen LogP contribution in [0.5, 0.6) is 5.75 Å². The number of rotatable bonds is 4. The molecule has 1 atom stereocenters. The smallest absolute Gasteiger partial charge is 0.490 e. The fourth-order valence-electron chi connectivity index (χ4n) is 3.72. The third-order valence-corrected chi connectivity index (χ3v) is 5.54. The van der Waals surface area contributed by atoms with Crippen molar-refractivity contribution in [1.29, 1.82) is 0 Å². The first-order valence-electron chi connectivity index (χ1n) is 10.9. The molecule has 4 N–H and O–H groups in total. The molecule has 0 aliphatic heterocycles. The van der Waals surface area contributed by atoms with Crippen LogP contribution in [0.4, 0.5) is 18.9 Å². The van der Waals surface area contributed by atoms with E-state index in [1.807, 2.05) is 37.3 Å². The number of carbonyl (C=O) groups is 2. The van der Waals surface area contributed by atoms with E-state index in [-0.39, 0.29) is 11.9 Å². The minimum Gasteiger partial charge on any atom is -0.497 e. The molecule has 36 heavy (non-hydrogen) atoms. The molecule has 0 fully saturated rings. The van der Waals surface area contributed by atoms with E-state index in [0.717, 1.165) is 53.0 Å². The molecule has 8 nitrogen and oxygen atoms in total. The normalized spacial score (nSPS) is 14.7. The van der Waals surface area contributed by atoms with Gasteiger partial charge in [0, 0.05) is 29.7 Å². The third kappa shape index (κ3) is 6.79. The highest BCUT2D eigenvalue weighted by Gasteiger charge is 2.38. The lowest BCUT2D eigenvalue weighted by Crippen LogP contribution is -2.28. The molecule has 0 bridgehead atoms. The zero-order valence-electron chi connectivity index (χ0n) is 19.6. The number of anilines is 1. The number of hydrogen-bond acceptors (Lipinski definition) is 6. The van der Waals surface area contributed by atoms with Gasteiger partial charge < -0.3 is 20.9 Å². The summed E-state index contributed by atoms with van der Waals surface area (Å²) < 4.78 is 37.0. The molecule has 1 amide bonds. The number of benzene rings is 1. The van der Waals surface area contributed by atoms with Crippen molar-refractivity contribution in [3.05, 3.63) is 71.3 Å². The number of carbonyl (C=O) groups excluding carboxylic acids is 1. The number of aromatic nitrogens is 2. The Morgan fingerprint density at radius 3 is 2.53 bits per heavy atom. The minimum atomic E-state index is -5.08. The van der Waals surface area contributed by atoms with Crippen LogP contribution in [-0.2, 0) is 17.6 Å². The van der Waals surface area contributed by atoms with Crippen molar-refractivity contribution < 1.29 is 32.6 Å². The van der Waals surface area contributed by atoms with Crippen LogP contribution < -0.4 is 15.8 Å². The van der Waals surface area contributed by atoms with Crippen LogP contribution in [0.25, 0.3) is 11.1 Å². The number of halogens is 3. The molecule has 0 saturated carbocycles. The first-order chi connectivity index (χ1) is 17.0. The number of amides is 1. The van der Waals surface area contributed by atoms with Gasteiger partial charge in [-0.05, 0) is 67.1 Å². The molecular formula is C25H25F3N4O4. The van der Waals surface area contributed by atoms with Gasteiger partial charge in [-0.3, -0.25) is 14.8 Å². The number of nitrogens with zero attached hydrogens (tertiary/aromatic N) is 2. The number of nitrogens with two attached hydrogens (primary N) is 1. The Labute approximate surface area is 205 Å². The van der Waals surface area contributed by atoms with Gasteiger partial charge in [-0.25, -0.2) is 4.79 Å². The van der Waals surface area contributed by atoms with Gasteiger partial charge in [0.2, 0.25) is 0 Å². The van der Waals surface area contributed by atoms with Crippen LogP contribution in [0, 0.1) is 6.92 Å². The topological polar surface area (TPSA) is 127 Å². The highest BCUT2D eigenvalue weighted by Crippen LogP contribution is 2.27. The minimum absolute atomic E-state index is 0.156. The maximum absolute atomic E-state index is 12.8. The second-order valence-electron chi connectivity index (χ2n) is 8.23. The zero-order chi connectivity index (χ0) is 26.5. The summed E-state index contributed by atoms with van der Waals surface area (Å²) >= 11 is 0. The average Bonchev–Trinajstić information content (AvgIpc) is 2.83. The maximum Gasteiger partial charge on any atom is 0.490 e. The molecule has 1 aliphatic carbocycles. The Hall–Kier alpha value is -3.99. The van der Waals surface area contributed by atoms with Gasteiger partial charge in [-0.2, -0.15) is 13.2 Å². The van der Waals surface area contributed by atoms with Crippen molar-refractivity contribution in [3.63, 3.8) is 0 Å². The van der Waals surface area contributed by atoms with Gasteiger partial charge in [0.05, 0.1) is 24.6 Å². The fraction of sp³-hybridized carbons (Fsp3) is 0.280. The molecule has 1 aromatic carbocycles. The van der Waals surface area contributed by atoms with Gasteiger partial charge >= 0.3 is 12.1 Å². The molecule has 0 radical (unpaired) electrons. The predicted octanol–water partition coefficient (Wildman–Crippen LogP) is 4.16. The number of hydrogen-bond donors (Lipinski definition) is 3. The molecule has 190 valence electrons. The second-order valence-corrected chi connectivity index (χ2v) is 8.23. The van der Waals surface area contributed by atoms with E-state index in [1.165, 1.54) is 0 Å². The Kier molecular flexibility index (Phi) is 8.25. The van der Waals surface area contributed by atoms with Gasteiger partial charge in [0.1, 0.15) is 5.75 Å². The fourth-order valence-corrected chi connectivity index (χ4v) is 3.72. The zero-order valence-corrected chi connectivity index (χ0v) is 19.6. The van der Waals surface area contributed by atoms with Gasteiger partial charge in [0.25, 0.3) is 5.91 Å². The summed E-state index contributed by atoms with van der Waals surface area (Å²) in [5.74, 6) is -2.17. The van der Waals surface area contributed by atoms with E-state index in [1.54, 1.807) is 25.7 Å². The Balaban J connectivity index is 0.000000454. The lowest BCUT2D eigenvalue weighted by Gasteiger charge is -2.21. The Morgan fingerprint density at radius 2 is 1.89 bits per heavy atom. The van der Waals surface area contributed by atoms with Crippen molar-refractivity contribution in [2.24, 2.45) is 5.73 Å². The van der Waals surface area contributed by atoms with Crippen molar-refractivity contribution in [2.75, 3.05) is 12.4 Å². The molecule has 0 saturated heterocycles. The number of nitrogens with one attached hydrogen (secondary N) is 1. The molecule has 2 heterocycles. The third-order valence-electron chi connectivity index (χ3n) is 5.54. The molecule has 1 unspecified atom stereocenters. The Morgan fingerprint density at radius 1 is 1.17 bits per heavy atom. The number of methoxy groups -OCH3 is 1. The molecule has 0 spiro atoms. The number of ether oxygens (including phenoxy) is 1. The van der Waals surface area contributed by atoms with E-state index in [0.29, 0.717) is 11.3 Å². The first-order valence-corrected chi connectivity index (χ1v) is 10.9.